The van der Waals surface area contributed by atoms with E-state index < -0.39 is 21.8 Å². The number of aryl methyl sites for hydroxylation is 1. The van der Waals surface area contributed by atoms with E-state index >= 15 is 0 Å². The molecule has 1 amide bonds. The van der Waals surface area contributed by atoms with Crippen LogP contribution in [0.5, 0.6) is 0 Å². The first-order chi connectivity index (χ1) is 17.9. The van der Waals surface area contributed by atoms with Crippen LogP contribution in [-0.2, 0) is 27.8 Å². The number of amides is 1. The summed E-state index contributed by atoms with van der Waals surface area (Å²) in [5.74, 6) is -1.22. The summed E-state index contributed by atoms with van der Waals surface area (Å²) in [5, 5.41) is 0.574. The highest BCUT2D eigenvalue weighted by Crippen LogP contribution is 2.34. The molecular formula is C27H27FN4O3S2. The largest absolute Gasteiger partial charge is 0.282 e. The summed E-state index contributed by atoms with van der Waals surface area (Å²) in [5.41, 5.74) is 2.71. The van der Waals surface area contributed by atoms with E-state index in [0.29, 0.717) is 24.5 Å². The van der Waals surface area contributed by atoms with Gasteiger partial charge in [0, 0.05) is 19.3 Å². The average Bonchev–Trinajstić information content (AvgIpc) is 3.36. The van der Waals surface area contributed by atoms with Gasteiger partial charge in [-0.3, -0.25) is 14.7 Å². The summed E-state index contributed by atoms with van der Waals surface area (Å²) in [4.78, 5) is 24.9. The van der Waals surface area contributed by atoms with Gasteiger partial charge in [0.05, 0.1) is 33.3 Å². The minimum atomic E-state index is -3.85. The Morgan fingerprint density at radius 3 is 2.68 bits per heavy atom. The lowest BCUT2D eigenvalue weighted by Crippen LogP contribution is -2.46. The number of piperidine rings is 1. The molecule has 0 saturated carbocycles. The van der Waals surface area contributed by atoms with Crippen LogP contribution in [0.15, 0.2) is 71.8 Å². The molecule has 1 saturated heterocycles. The fourth-order valence-corrected chi connectivity index (χ4v) is 7.17. The predicted octanol–water partition coefficient (Wildman–Crippen LogP) is 5.03. The molecule has 0 radical (unpaired) electrons. The first kappa shape index (κ1) is 25.4. The first-order valence-corrected chi connectivity index (χ1v) is 14.5. The number of aromatic nitrogens is 2. The second-order valence-corrected chi connectivity index (χ2v) is 12.0. The Bertz CT molecular complexity index is 1510. The molecule has 37 heavy (non-hydrogen) atoms. The SMILES string of the molecule is CCc1cccc2sc(N(Cc3ccccn3)C(=O)C3CCCN(S(=O)(=O)c4ccc(F)cc4)C3)nc12. The summed E-state index contributed by atoms with van der Waals surface area (Å²) in [7, 11) is -3.85. The van der Waals surface area contributed by atoms with E-state index in [1.165, 1.54) is 27.8 Å². The van der Waals surface area contributed by atoms with Gasteiger partial charge in [-0.25, -0.2) is 17.8 Å². The molecule has 1 aliphatic rings. The molecule has 192 valence electrons. The Morgan fingerprint density at radius 1 is 1.14 bits per heavy atom. The van der Waals surface area contributed by atoms with Crippen molar-refractivity contribution in [1.82, 2.24) is 14.3 Å². The lowest BCUT2D eigenvalue weighted by molar-refractivity contribution is -0.123. The lowest BCUT2D eigenvalue weighted by Gasteiger charge is -2.33. The fraction of sp³-hybridized carbons (Fsp3) is 0.296. The molecular weight excluding hydrogens is 511 g/mol. The number of halogens is 1. The Hall–Kier alpha value is -3.21. The minimum absolute atomic E-state index is 0.0191. The molecule has 7 nitrogen and oxygen atoms in total. The molecule has 10 heteroatoms. The number of fused-ring (bicyclic) bond motifs is 1. The van der Waals surface area contributed by atoms with Crippen LogP contribution >= 0.6 is 11.3 Å². The van der Waals surface area contributed by atoms with Crippen molar-refractivity contribution in [3.63, 3.8) is 0 Å². The van der Waals surface area contributed by atoms with E-state index in [1.807, 2.05) is 36.4 Å². The van der Waals surface area contributed by atoms with Crippen molar-refractivity contribution < 1.29 is 17.6 Å². The van der Waals surface area contributed by atoms with Crippen LogP contribution in [0.2, 0.25) is 0 Å². The van der Waals surface area contributed by atoms with Gasteiger partial charge in [0.25, 0.3) is 0 Å². The summed E-state index contributed by atoms with van der Waals surface area (Å²) in [6.07, 6.45) is 3.63. The molecule has 2 aromatic carbocycles. The maximum Gasteiger partial charge on any atom is 0.243 e. The van der Waals surface area contributed by atoms with Gasteiger partial charge in [-0.2, -0.15) is 4.31 Å². The topological polar surface area (TPSA) is 83.5 Å². The van der Waals surface area contributed by atoms with Gasteiger partial charge in [-0.1, -0.05) is 36.5 Å². The van der Waals surface area contributed by atoms with Gasteiger partial charge in [0.2, 0.25) is 15.9 Å². The van der Waals surface area contributed by atoms with Gasteiger partial charge in [0.15, 0.2) is 5.13 Å². The maximum absolute atomic E-state index is 14.0. The van der Waals surface area contributed by atoms with Crippen LogP contribution in [0.1, 0.15) is 31.0 Å². The van der Waals surface area contributed by atoms with Crippen molar-refractivity contribution >= 4 is 42.6 Å². The van der Waals surface area contributed by atoms with Crippen molar-refractivity contribution in [1.29, 1.82) is 0 Å². The highest BCUT2D eigenvalue weighted by atomic mass is 32.2. The molecule has 0 bridgehead atoms. The van der Waals surface area contributed by atoms with Gasteiger partial charge < -0.3 is 0 Å². The number of hydrogen-bond donors (Lipinski definition) is 0. The number of thiazole rings is 1. The third-order valence-electron chi connectivity index (χ3n) is 6.60. The number of carbonyl (C=O) groups is 1. The molecule has 0 aliphatic carbocycles. The van der Waals surface area contributed by atoms with Gasteiger partial charge in [0.1, 0.15) is 5.82 Å². The van der Waals surface area contributed by atoms with E-state index in [2.05, 4.69) is 11.9 Å². The molecule has 0 spiro atoms. The number of hydrogen-bond acceptors (Lipinski definition) is 6. The summed E-state index contributed by atoms with van der Waals surface area (Å²) in [6, 6.07) is 16.4. The molecule has 1 atom stereocenters. The zero-order valence-corrected chi connectivity index (χ0v) is 22.0. The lowest BCUT2D eigenvalue weighted by atomic mass is 9.98. The Morgan fingerprint density at radius 2 is 1.95 bits per heavy atom. The minimum Gasteiger partial charge on any atom is -0.282 e. The Kier molecular flexibility index (Phi) is 7.32. The van der Waals surface area contributed by atoms with Crippen LogP contribution in [0, 0.1) is 11.7 Å². The molecule has 1 unspecified atom stereocenters. The normalized spacial score (nSPS) is 16.6. The molecule has 2 aromatic heterocycles. The third kappa shape index (κ3) is 5.27. The van der Waals surface area contributed by atoms with Crippen molar-refractivity contribution in [2.45, 2.75) is 37.6 Å². The summed E-state index contributed by atoms with van der Waals surface area (Å²) in [6.45, 7) is 2.68. The highest BCUT2D eigenvalue weighted by molar-refractivity contribution is 7.89. The van der Waals surface area contributed by atoms with E-state index in [1.54, 1.807) is 11.1 Å². The molecule has 1 aliphatic heterocycles. The Balaban J connectivity index is 1.46. The number of anilines is 1. The van der Waals surface area contributed by atoms with Crippen molar-refractivity contribution in [2.24, 2.45) is 5.92 Å². The maximum atomic E-state index is 14.0. The van der Waals surface area contributed by atoms with E-state index in [0.717, 1.165) is 40.0 Å². The monoisotopic (exact) mass is 538 g/mol. The zero-order chi connectivity index (χ0) is 26.0. The molecule has 4 aromatic rings. The van der Waals surface area contributed by atoms with E-state index in [-0.39, 0.29) is 23.9 Å². The highest BCUT2D eigenvalue weighted by Gasteiger charge is 2.36. The number of rotatable bonds is 7. The van der Waals surface area contributed by atoms with Crippen LogP contribution < -0.4 is 4.90 Å². The number of benzene rings is 2. The first-order valence-electron chi connectivity index (χ1n) is 12.2. The van der Waals surface area contributed by atoms with E-state index in [4.69, 9.17) is 4.98 Å². The molecule has 5 rings (SSSR count). The predicted molar refractivity (Wildman–Crippen MR) is 142 cm³/mol. The second kappa shape index (κ2) is 10.6. The van der Waals surface area contributed by atoms with Crippen LogP contribution in [-0.4, -0.2) is 41.7 Å². The van der Waals surface area contributed by atoms with Crippen LogP contribution in [0.4, 0.5) is 9.52 Å². The van der Waals surface area contributed by atoms with Gasteiger partial charge in [-0.15, -0.1) is 0 Å². The summed E-state index contributed by atoms with van der Waals surface area (Å²) >= 11 is 1.45. The van der Waals surface area contributed by atoms with Crippen molar-refractivity contribution in [2.75, 3.05) is 18.0 Å². The quantitative estimate of drug-likeness (QED) is 0.330. The molecule has 3 heterocycles. The van der Waals surface area contributed by atoms with Crippen LogP contribution in [0.3, 0.4) is 0 Å². The number of carbonyl (C=O) groups excluding carboxylic acids is 1. The number of nitrogens with zero attached hydrogens (tertiary/aromatic N) is 4. The molecule has 1 fully saturated rings. The van der Waals surface area contributed by atoms with Gasteiger partial charge >= 0.3 is 0 Å². The van der Waals surface area contributed by atoms with Gasteiger partial charge in [-0.05, 0) is 67.3 Å². The van der Waals surface area contributed by atoms with Crippen molar-refractivity contribution in [3.8, 4) is 0 Å². The van der Waals surface area contributed by atoms with Crippen LogP contribution in [0.25, 0.3) is 10.2 Å². The average molecular weight is 539 g/mol. The number of pyridine rings is 1. The number of para-hydroxylation sites is 1. The van der Waals surface area contributed by atoms with Crippen molar-refractivity contribution in [3.05, 3.63) is 83.9 Å². The number of sulfonamides is 1. The standard InChI is InChI=1S/C27H27FN4O3S2/c1-2-19-7-5-10-24-25(19)30-27(36-24)32(18-22-9-3-4-15-29-22)26(33)20-8-6-16-31(17-20)37(34,35)23-13-11-21(28)12-14-23/h3-5,7,9-15,20H,2,6,8,16-18H2,1H3. The second-order valence-electron chi connectivity index (χ2n) is 9.02. The summed E-state index contributed by atoms with van der Waals surface area (Å²) < 4.78 is 42.2. The Labute approximate surface area is 219 Å². The zero-order valence-electron chi connectivity index (χ0n) is 20.4. The fourth-order valence-electron chi connectivity index (χ4n) is 4.63. The third-order valence-corrected chi connectivity index (χ3v) is 9.52. The van der Waals surface area contributed by atoms with E-state index in [9.17, 15) is 17.6 Å². The smallest absolute Gasteiger partial charge is 0.243 e. The molecule has 0 N–H and O–H groups in total.